The summed E-state index contributed by atoms with van der Waals surface area (Å²) in [5.41, 5.74) is 6.46. The molecule has 0 atom stereocenters. The average Bonchev–Trinajstić information content (AvgIpc) is 2.63. The minimum Gasteiger partial charge on any atom is -0.497 e. The number of aromatic nitrogens is 1. The summed E-state index contributed by atoms with van der Waals surface area (Å²) in [5.74, 6) is 0.124. The quantitative estimate of drug-likeness (QED) is 0.793. The highest BCUT2D eigenvalue weighted by atomic mass is 19.1. The number of hydrogen-bond acceptors (Lipinski definition) is 4. The number of ether oxygens (including phenoxy) is 1. The second-order valence-corrected chi connectivity index (χ2v) is 5.50. The maximum atomic E-state index is 13.8. The number of hydrogen-bond donors (Lipinski definition) is 1. The standard InChI is InChI=1S/C19H16FN3O2/c1-25-14-5-6-15-16(10-14)18(12-3-2-4-13(20)9-12)17(11-22)23(8-7-21)19(15)24/h2-6,9-10H,7-8,21H2,1H3. The Morgan fingerprint density at radius 2 is 2.04 bits per heavy atom. The Morgan fingerprint density at radius 1 is 1.24 bits per heavy atom. The third-order valence-corrected chi connectivity index (χ3v) is 4.05. The van der Waals surface area contributed by atoms with E-state index in [0.717, 1.165) is 0 Å². The van der Waals surface area contributed by atoms with Gasteiger partial charge in [0, 0.05) is 29.4 Å². The lowest BCUT2D eigenvalue weighted by Gasteiger charge is -2.16. The van der Waals surface area contributed by atoms with Crippen molar-refractivity contribution in [3.05, 3.63) is 64.3 Å². The van der Waals surface area contributed by atoms with Crippen molar-refractivity contribution in [2.24, 2.45) is 5.73 Å². The predicted molar refractivity (Wildman–Crippen MR) is 93.9 cm³/mol. The van der Waals surface area contributed by atoms with Crippen LogP contribution >= 0.6 is 0 Å². The highest BCUT2D eigenvalue weighted by Crippen LogP contribution is 2.32. The van der Waals surface area contributed by atoms with Gasteiger partial charge in [0.05, 0.1) is 7.11 Å². The van der Waals surface area contributed by atoms with Crippen LogP contribution < -0.4 is 16.0 Å². The molecule has 0 amide bonds. The van der Waals surface area contributed by atoms with E-state index >= 15 is 0 Å². The average molecular weight is 337 g/mol. The van der Waals surface area contributed by atoms with Crippen LogP contribution in [0.2, 0.25) is 0 Å². The summed E-state index contributed by atoms with van der Waals surface area (Å²) >= 11 is 0. The van der Waals surface area contributed by atoms with Gasteiger partial charge in [-0.25, -0.2) is 4.39 Å². The number of nitrogens with two attached hydrogens (primary N) is 1. The highest BCUT2D eigenvalue weighted by molar-refractivity contribution is 5.99. The summed E-state index contributed by atoms with van der Waals surface area (Å²) in [6.07, 6.45) is 0. The maximum Gasteiger partial charge on any atom is 0.259 e. The number of pyridine rings is 1. The highest BCUT2D eigenvalue weighted by Gasteiger charge is 2.18. The van der Waals surface area contributed by atoms with Crippen LogP contribution in [0.15, 0.2) is 47.3 Å². The zero-order chi connectivity index (χ0) is 18.0. The number of benzene rings is 2. The Hall–Kier alpha value is -3.17. The van der Waals surface area contributed by atoms with Gasteiger partial charge in [0.2, 0.25) is 0 Å². The molecule has 2 N–H and O–H groups in total. The molecule has 1 heterocycles. The molecule has 0 fully saturated rings. The van der Waals surface area contributed by atoms with E-state index in [-0.39, 0.29) is 24.3 Å². The molecule has 0 unspecified atom stereocenters. The molecule has 3 rings (SSSR count). The molecule has 25 heavy (non-hydrogen) atoms. The molecule has 0 spiro atoms. The van der Waals surface area contributed by atoms with Gasteiger partial charge in [0.25, 0.3) is 5.56 Å². The van der Waals surface area contributed by atoms with Crippen molar-refractivity contribution >= 4 is 10.8 Å². The topological polar surface area (TPSA) is 81.0 Å². The first-order valence-electron chi connectivity index (χ1n) is 7.71. The van der Waals surface area contributed by atoms with Gasteiger partial charge in [-0.2, -0.15) is 5.26 Å². The molecule has 2 aromatic carbocycles. The normalized spacial score (nSPS) is 10.6. The van der Waals surface area contributed by atoms with Gasteiger partial charge in [0.15, 0.2) is 0 Å². The van der Waals surface area contributed by atoms with Crippen LogP contribution in [0.25, 0.3) is 21.9 Å². The molecular formula is C19H16FN3O2. The van der Waals surface area contributed by atoms with Crippen molar-refractivity contribution < 1.29 is 9.13 Å². The summed E-state index contributed by atoms with van der Waals surface area (Å²) in [5, 5.41) is 10.7. The predicted octanol–water partition coefficient (Wildman–Crippen LogP) is 2.65. The third-order valence-electron chi connectivity index (χ3n) is 4.05. The number of halogens is 1. The van der Waals surface area contributed by atoms with Crippen LogP contribution in [0.5, 0.6) is 5.75 Å². The van der Waals surface area contributed by atoms with Crippen molar-refractivity contribution in [1.82, 2.24) is 4.57 Å². The molecule has 3 aromatic rings. The molecule has 1 aromatic heterocycles. The maximum absolute atomic E-state index is 13.8. The summed E-state index contributed by atoms with van der Waals surface area (Å²) in [4.78, 5) is 12.8. The molecule has 0 aliphatic heterocycles. The smallest absolute Gasteiger partial charge is 0.259 e. The van der Waals surface area contributed by atoms with Crippen molar-refractivity contribution in [2.45, 2.75) is 6.54 Å². The fourth-order valence-corrected chi connectivity index (χ4v) is 2.95. The lowest BCUT2D eigenvalue weighted by molar-refractivity contribution is 0.415. The molecule has 0 saturated heterocycles. The first-order chi connectivity index (χ1) is 12.1. The van der Waals surface area contributed by atoms with Crippen molar-refractivity contribution in [2.75, 3.05) is 13.7 Å². The third kappa shape index (κ3) is 2.86. The van der Waals surface area contributed by atoms with Crippen LogP contribution in [0.4, 0.5) is 4.39 Å². The van der Waals surface area contributed by atoms with Crippen LogP contribution in [0.3, 0.4) is 0 Å². The SMILES string of the molecule is COc1ccc2c(=O)n(CCN)c(C#N)c(-c3cccc(F)c3)c2c1. The Morgan fingerprint density at radius 3 is 2.68 bits per heavy atom. The molecule has 5 nitrogen and oxygen atoms in total. The van der Waals surface area contributed by atoms with Crippen molar-refractivity contribution in [3.63, 3.8) is 0 Å². The molecular weight excluding hydrogens is 321 g/mol. The number of nitrogens with zero attached hydrogens (tertiary/aromatic N) is 2. The minimum absolute atomic E-state index is 0.154. The number of fused-ring (bicyclic) bond motifs is 1. The lowest BCUT2D eigenvalue weighted by atomic mass is 9.96. The Balaban J connectivity index is 2.52. The van der Waals surface area contributed by atoms with Gasteiger partial charge in [0.1, 0.15) is 23.3 Å². The second-order valence-electron chi connectivity index (χ2n) is 5.50. The van der Waals surface area contributed by atoms with Crippen LogP contribution in [-0.2, 0) is 6.54 Å². The number of rotatable bonds is 4. The van der Waals surface area contributed by atoms with E-state index in [0.29, 0.717) is 27.6 Å². The van der Waals surface area contributed by atoms with Gasteiger partial charge in [-0.1, -0.05) is 12.1 Å². The number of nitriles is 1. The Labute approximate surface area is 143 Å². The number of methoxy groups -OCH3 is 1. The van der Waals surface area contributed by atoms with Gasteiger partial charge < -0.3 is 10.5 Å². The van der Waals surface area contributed by atoms with E-state index in [9.17, 15) is 14.4 Å². The second kappa shape index (κ2) is 6.75. The van der Waals surface area contributed by atoms with Crippen LogP contribution in [0.1, 0.15) is 5.69 Å². The summed E-state index contributed by atoms with van der Waals surface area (Å²) in [6, 6.07) is 13.0. The Kier molecular flexibility index (Phi) is 4.50. The minimum atomic E-state index is -0.422. The summed E-state index contributed by atoms with van der Waals surface area (Å²) in [7, 11) is 1.52. The van der Waals surface area contributed by atoms with Gasteiger partial charge in [-0.3, -0.25) is 9.36 Å². The van der Waals surface area contributed by atoms with Crippen LogP contribution in [0, 0.1) is 17.1 Å². The summed E-state index contributed by atoms with van der Waals surface area (Å²) in [6.45, 7) is 0.408. The Bertz CT molecular complexity index is 1050. The van der Waals surface area contributed by atoms with Crippen molar-refractivity contribution in [3.8, 4) is 22.9 Å². The zero-order valence-electron chi connectivity index (χ0n) is 13.6. The van der Waals surface area contributed by atoms with E-state index in [1.807, 2.05) is 0 Å². The molecule has 0 radical (unpaired) electrons. The zero-order valence-corrected chi connectivity index (χ0v) is 13.6. The first kappa shape index (κ1) is 16.7. The molecule has 0 aliphatic rings. The monoisotopic (exact) mass is 337 g/mol. The van der Waals surface area contributed by atoms with Crippen LogP contribution in [-0.4, -0.2) is 18.2 Å². The lowest BCUT2D eigenvalue weighted by Crippen LogP contribution is -2.27. The molecule has 6 heteroatoms. The van der Waals surface area contributed by atoms with E-state index in [1.165, 1.54) is 23.8 Å². The molecule has 0 bridgehead atoms. The van der Waals surface area contributed by atoms with E-state index in [2.05, 4.69) is 6.07 Å². The summed E-state index contributed by atoms with van der Waals surface area (Å²) < 4.78 is 20.4. The molecule has 126 valence electrons. The fourth-order valence-electron chi connectivity index (χ4n) is 2.95. The fraction of sp³-hybridized carbons (Fsp3) is 0.158. The first-order valence-corrected chi connectivity index (χ1v) is 7.71. The van der Waals surface area contributed by atoms with Crippen molar-refractivity contribution in [1.29, 1.82) is 5.26 Å². The van der Waals surface area contributed by atoms with Gasteiger partial charge in [-0.05, 0) is 35.9 Å². The van der Waals surface area contributed by atoms with Gasteiger partial charge >= 0.3 is 0 Å². The van der Waals surface area contributed by atoms with E-state index in [1.54, 1.807) is 30.3 Å². The van der Waals surface area contributed by atoms with Gasteiger partial charge in [-0.15, -0.1) is 0 Å². The molecule has 0 saturated carbocycles. The molecule has 0 aliphatic carbocycles. The van der Waals surface area contributed by atoms with E-state index in [4.69, 9.17) is 10.5 Å². The largest absolute Gasteiger partial charge is 0.497 e. The van der Waals surface area contributed by atoms with E-state index < -0.39 is 5.82 Å².